The minimum atomic E-state index is -0.728. The van der Waals surface area contributed by atoms with Crippen LogP contribution in [0.5, 0.6) is 0 Å². The molecule has 1 rings (SSSR count). The van der Waals surface area contributed by atoms with Crippen LogP contribution in [-0.4, -0.2) is 35.0 Å². The predicted molar refractivity (Wildman–Crippen MR) is 34.0 cm³/mol. The molecule has 0 aromatic rings. The number of nitriles is 1. The van der Waals surface area contributed by atoms with Gasteiger partial charge in [0.25, 0.3) is 0 Å². The Labute approximate surface area is 59.1 Å². The van der Waals surface area contributed by atoms with Gasteiger partial charge in [0.15, 0.2) is 0 Å². The van der Waals surface area contributed by atoms with Gasteiger partial charge in [0.05, 0.1) is 18.3 Å². The van der Waals surface area contributed by atoms with Gasteiger partial charge in [-0.1, -0.05) is 0 Å². The molecular formula is C6H10N2O2. The average Bonchev–Trinajstić information content (AvgIpc) is 1.88. The molecule has 10 heavy (non-hydrogen) atoms. The second kappa shape index (κ2) is 2.97. The number of aliphatic hydroxyl groups excluding tert-OH is 2. The quantitative estimate of drug-likeness (QED) is 0.388. The minimum absolute atomic E-state index is 0.297. The number of piperidine rings is 1. The molecule has 0 aliphatic carbocycles. The highest BCUT2D eigenvalue weighted by molar-refractivity contribution is 4.99. The van der Waals surface area contributed by atoms with Crippen LogP contribution in [0, 0.1) is 11.3 Å². The van der Waals surface area contributed by atoms with E-state index < -0.39 is 18.2 Å². The van der Waals surface area contributed by atoms with Crippen molar-refractivity contribution in [3.8, 4) is 6.07 Å². The zero-order valence-electron chi connectivity index (χ0n) is 5.49. The SMILES string of the molecule is N#CC1NC[C@@H](O)C[C@H]1O. The summed E-state index contributed by atoms with van der Waals surface area (Å²) >= 11 is 0. The summed E-state index contributed by atoms with van der Waals surface area (Å²) in [6.07, 6.45) is -0.945. The summed E-state index contributed by atoms with van der Waals surface area (Å²) in [5.74, 6) is 0. The lowest BCUT2D eigenvalue weighted by atomic mass is 10.0. The highest BCUT2D eigenvalue weighted by atomic mass is 16.3. The summed E-state index contributed by atoms with van der Waals surface area (Å²) in [6.45, 7) is 0.398. The number of nitrogens with zero attached hydrogens (tertiary/aromatic N) is 1. The molecule has 1 fully saturated rings. The van der Waals surface area contributed by atoms with Crippen LogP contribution < -0.4 is 5.32 Å². The molecule has 1 unspecified atom stereocenters. The summed E-state index contributed by atoms with van der Waals surface area (Å²) in [5.41, 5.74) is 0. The number of hydrogen-bond acceptors (Lipinski definition) is 4. The maximum absolute atomic E-state index is 9.09. The molecule has 1 saturated heterocycles. The predicted octanol–water partition coefficient (Wildman–Crippen LogP) is -1.41. The molecule has 0 amide bonds. The van der Waals surface area contributed by atoms with Gasteiger partial charge in [-0.15, -0.1) is 0 Å². The normalized spacial score (nSPS) is 40.7. The number of β-amino-alcohol motifs (C(OH)–C–C–N with tert-alkyl or cyclic N) is 1. The van der Waals surface area contributed by atoms with Crippen LogP contribution in [0.4, 0.5) is 0 Å². The number of nitrogens with one attached hydrogen (secondary N) is 1. The Balaban J connectivity index is 2.45. The lowest BCUT2D eigenvalue weighted by molar-refractivity contribution is 0.0368. The van der Waals surface area contributed by atoms with E-state index in [2.05, 4.69) is 5.32 Å². The van der Waals surface area contributed by atoms with E-state index in [0.717, 1.165) is 0 Å². The molecule has 0 bridgehead atoms. The zero-order valence-corrected chi connectivity index (χ0v) is 5.49. The van der Waals surface area contributed by atoms with Gasteiger partial charge in [-0.25, -0.2) is 0 Å². The first-order chi connectivity index (χ1) is 4.74. The van der Waals surface area contributed by atoms with Crippen LogP contribution in [0.1, 0.15) is 6.42 Å². The molecule has 0 aromatic carbocycles. The van der Waals surface area contributed by atoms with Crippen molar-refractivity contribution in [1.29, 1.82) is 5.26 Å². The molecule has 0 radical (unpaired) electrons. The van der Waals surface area contributed by atoms with Crippen molar-refractivity contribution in [2.75, 3.05) is 6.54 Å². The van der Waals surface area contributed by atoms with Gasteiger partial charge in [-0.3, -0.25) is 5.32 Å². The van der Waals surface area contributed by atoms with Crippen LogP contribution in [0.3, 0.4) is 0 Å². The van der Waals surface area contributed by atoms with Gasteiger partial charge in [-0.05, 0) is 0 Å². The van der Waals surface area contributed by atoms with Gasteiger partial charge in [0, 0.05) is 13.0 Å². The third-order valence-electron chi connectivity index (χ3n) is 1.61. The Morgan fingerprint density at radius 3 is 2.70 bits per heavy atom. The summed E-state index contributed by atoms with van der Waals surface area (Å²) in [5, 5.41) is 29.2. The standard InChI is InChI=1S/C6H10N2O2/c7-2-5-6(10)1-4(9)3-8-5/h4-6,8-10H,1,3H2/t4-,5?,6+/m0/s1. The van der Waals surface area contributed by atoms with Crippen molar-refractivity contribution in [1.82, 2.24) is 5.32 Å². The molecule has 0 saturated carbocycles. The Bertz CT molecular complexity index is 154. The van der Waals surface area contributed by atoms with Crippen LogP contribution in [0.2, 0.25) is 0 Å². The van der Waals surface area contributed by atoms with E-state index in [0.29, 0.717) is 13.0 Å². The Morgan fingerprint density at radius 1 is 1.50 bits per heavy atom. The molecule has 3 N–H and O–H groups in total. The van der Waals surface area contributed by atoms with Crippen molar-refractivity contribution in [3.63, 3.8) is 0 Å². The molecule has 1 aliphatic heterocycles. The first kappa shape index (κ1) is 7.48. The van der Waals surface area contributed by atoms with Gasteiger partial charge < -0.3 is 10.2 Å². The fourth-order valence-corrected chi connectivity index (χ4v) is 1.03. The van der Waals surface area contributed by atoms with Crippen molar-refractivity contribution < 1.29 is 10.2 Å². The van der Waals surface area contributed by atoms with Gasteiger partial charge in [0.2, 0.25) is 0 Å². The van der Waals surface area contributed by atoms with E-state index >= 15 is 0 Å². The molecule has 1 aliphatic rings. The molecule has 3 atom stereocenters. The lowest BCUT2D eigenvalue weighted by Crippen LogP contribution is -2.49. The Morgan fingerprint density at radius 2 is 2.20 bits per heavy atom. The minimum Gasteiger partial charge on any atom is -0.392 e. The van der Waals surface area contributed by atoms with Crippen molar-refractivity contribution in [3.05, 3.63) is 0 Å². The second-order valence-corrected chi connectivity index (χ2v) is 2.47. The highest BCUT2D eigenvalue weighted by Crippen LogP contribution is 2.07. The van der Waals surface area contributed by atoms with Crippen LogP contribution in [0.15, 0.2) is 0 Å². The Kier molecular flexibility index (Phi) is 2.22. The van der Waals surface area contributed by atoms with E-state index in [1.54, 1.807) is 0 Å². The summed E-state index contributed by atoms with van der Waals surface area (Å²) in [7, 11) is 0. The van der Waals surface area contributed by atoms with Crippen molar-refractivity contribution in [2.45, 2.75) is 24.7 Å². The third kappa shape index (κ3) is 1.45. The fourth-order valence-electron chi connectivity index (χ4n) is 1.03. The average molecular weight is 142 g/mol. The lowest BCUT2D eigenvalue weighted by Gasteiger charge is -2.27. The molecule has 0 spiro atoms. The largest absolute Gasteiger partial charge is 0.392 e. The van der Waals surface area contributed by atoms with Gasteiger partial charge in [-0.2, -0.15) is 5.26 Å². The van der Waals surface area contributed by atoms with Crippen LogP contribution in [0.25, 0.3) is 0 Å². The van der Waals surface area contributed by atoms with Gasteiger partial charge >= 0.3 is 0 Å². The summed E-state index contributed by atoms with van der Waals surface area (Å²) < 4.78 is 0. The summed E-state index contributed by atoms with van der Waals surface area (Å²) in [6, 6.07) is 1.39. The van der Waals surface area contributed by atoms with Crippen LogP contribution in [-0.2, 0) is 0 Å². The molecule has 56 valence electrons. The molecule has 1 heterocycles. The van der Waals surface area contributed by atoms with E-state index in [4.69, 9.17) is 15.5 Å². The van der Waals surface area contributed by atoms with E-state index in [9.17, 15) is 0 Å². The fraction of sp³-hybridized carbons (Fsp3) is 0.833. The van der Waals surface area contributed by atoms with Crippen LogP contribution >= 0.6 is 0 Å². The highest BCUT2D eigenvalue weighted by Gasteiger charge is 2.26. The first-order valence-corrected chi connectivity index (χ1v) is 3.23. The third-order valence-corrected chi connectivity index (χ3v) is 1.61. The summed E-state index contributed by atoms with van der Waals surface area (Å²) in [4.78, 5) is 0. The van der Waals surface area contributed by atoms with E-state index in [1.165, 1.54) is 0 Å². The number of aliphatic hydroxyl groups is 2. The molecule has 0 aromatic heterocycles. The first-order valence-electron chi connectivity index (χ1n) is 3.23. The maximum atomic E-state index is 9.09. The molecule has 4 heteroatoms. The Hall–Kier alpha value is -0.630. The number of hydrogen-bond donors (Lipinski definition) is 3. The topological polar surface area (TPSA) is 76.3 Å². The zero-order chi connectivity index (χ0) is 7.56. The number of rotatable bonds is 0. The molecule has 4 nitrogen and oxygen atoms in total. The maximum Gasteiger partial charge on any atom is 0.122 e. The van der Waals surface area contributed by atoms with Crippen molar-refractivity contribution in [2.24, 2.45) is 0 Å². The smallest absolute Gasteiger partial charge is 0.122 e. The van der Waals surface area contributed by atoms with E-state index in [1.807, 2.05) is 6.07 Å². The van der Waals surface area contributed by atoms with E-state index in [-0.39, 0.29) is 0 Å². The second-order valence-electron chi connectivity index (χ2n) is 2.47. The van der Waals surface area contributed by atoms with Gasteiger partial charge in [0.1, 0.15) is 6.04 Å². The van der Waals surface area contributed by atoms with Crippen molar-refractivity contribution >= 4 is 0 Å². The molecular weight excluding hydrogens is 132 g/mol. The monoisotopic (exact) mass is 142 g/mol.